The molecule has 1 aromatic rings. The zero-order valence-corrected chi connectivity index (χ0v) is 14.5. The minimum absolute atomic E-state index is 0.574. The van der Waals surface area contributed by atoms with Crippen LogP contribution in [0.2, 0.25) is 0 Å². The molecule has 0 amide bonds. The van der Waals surface area contributed by atoms with Gasteiger partial charge in [0, 0.05) is 30.4 Å². The topological polar surface area (TPSA) is 29.9 Å². The molecule has 0 radical (unpaired) electrons. The molecular formula is C18H33N3. The molecule has 1 aliphatic rings. The van der Waals surface area contributed by atoms with E-state index >= 15 is 0 Å². The van der Waals surface area contributed by atoms with Crippen molar-refractivity contribution in [3.63, 3.8) is 0 Å². The molecule has 120 valence electrons. The van der Waals surface area contributed by atoms with Crippen LogP contribution in [0.25, 0.3) is 0 Å². The zero-order chi connectivity index (χ0) is 15.4. The maximum Gasteiger partial charge on any atom is 0.0492 e. The van der Waals surface area contributed by atoms with Crippen molar-refractivity contribution in [2.45, 2.75) is 72.4 Å². The normalized spacial score (nSPS) is 26.7. The Morgan fingerprint density at radius 1 is 1.29 bits per heavy atom. The van der Waals surface area contributed by atoms with E-state index in [1.165, 1.54) is 25.0 Å². The zero-order valence-electron chi connectivity index (χ0n) is 14.5. The number of aromatic nitrogens is 2. The number of hydrogen-bond donors (Lipinski definition) is 1. The van der Waals surface area contributed by atoms with Gasteiger partial charge in [0.15, 0.2) is 0 Å². The van der Waals surface area contributed by atoms with Crippen molar-refractivity contribution >= 4 is 0 Å². The quantitative estimate of drug-likeness (QED) is 0.856. The number of nitrogens with one attached hydrogen (secondary N) is 1. The Morgan fingerprint density at radius 3 is 2.67 bits per heavy atom. The second kappa shape index (κ2) is 7.44. The molecule has 3 heteroatoms. The third kappa shape index (κ3) is 4.09. The van der Waals surface area contributed by atoms with Gasteiger partial charge < -0.3 is 5.32 Å². The van der Waals surface area contributed by atoms with E-state index in [-0.39, 0.29) is 0 Å². The highest BCUT2D eigenvalue weighted by Crippen LogP contribution is 2.42. The summed E-state index contributed by atoms with van der Waals surface area (Å²) in [5.41, 5.74) is 1.46. The largest absolute Gasteiger partial charge is 0.314 e. The molecule has 1 heterocycles. The first-order chi connectivity index (χ1) is 10.0. The lowest BCUT2D eigenvalue weighted by molar-refractivity contribution is 0.182. The summed E-state index contributed by atoms with van der Waals surface area (Å²) in [6.07, 6.45) is 6.04. The van der Waals surface area contributed by atoms with Crippen LogP contribution in [-0.4, -0.2) is 22.4 Å². The van der Waals surface area contributed by atoms with Crippen LogP contribution in [0.1, 0.15) is 65.5 Å². The van der Waals surface area contributed by atoms with Crippen LogP contribution in [0.5, 0.6) is 0 Å². The fraction of sp³-hybridized carbons (Fsp3) is 0.833. The van der Waals surface area contributed by atoms with E-state index in [0.717, 1.165) is 30.8 Å². The molecular weight excluding hydrogens is 258 g/mol. The minimum atomic E-state index is 0.574. The average Bonchev–Trinajstić information content (AvgIpc) is 2.93. The fourth-order valence-corrected chi connectivity index (χ4v) is 3.79. The molecule has 0 spiro atoms. The Hall–Kier alpha value is -0.830. The van der Waals surface area contributed by atoms with Crippen molar-refractivity contribution in [2.24, 2.45) is 17.8 Å². The van der Waals surface area contributed by atoms with Gasteiger partial charge in [-0.1, -0.05) is 27.7 Å². The van der Waals surface area contributed by atoms with E-state index in [4.69, 9.17) is 0 Å². The van der Waals surface area contributed by atoms with Gasteiger partial charge in [-0.25, -0.2) is 0 Å². The molecule has 0 bridgehead atoms. The molecule has 0 aliphatic heterocycles. The molecule has 1 aliphatic carbocycles. The summed E-state index contributed by atoms with van der Waals surface area (Å²) in [4.78, 5) is 0. The van der Waals surface area contributed by atoms with Crippen LogP contribution in [0, 0.1) is 17.8 Å². The summed E-state index contributed by atoms with van der Waals surface area (Å²) < 4.78 is 2.20. The highest BCUT2D eigenvalue weighted by Gasteiger charge is 2.34. The molecule has 0 aromatic carbocycles. The molecule has 1 fully saturated rings. The summed E-state index contributed by atoms with van der Waals surface area (Å²) in [6.45, 7) is 13.6. The van der Waals surface area contributed by atoms with Gasteiger partial charge in [0.25, 0.3) is 0 Å². The second-order valence-corrected chi connectivity index (χ2v) is 7.32. The minimum Gasteiger partial charge on any atom is -0.314 e. The molecule has 3 nitrogen and oxygen atoms in total. The van der Waals surface area contributed by atoms with Crippen molar-refractivity contribution in [1.29, 1.82) is 0 Å². The third-order valence-corrected chi connectivity index (χ3v) is 5.19. The molecule has 1 saturated carbocycles. The lowest BCUT2D eigenvalue weighted by atomic mass is 9.69. The lowest BCUT2D eigenvalue weighted by Crippen LogP contribution is -2.36. The molecule has 1 N–H and O–H groups in total. The van der Waals surface area contributed by atoms with E-state index in [1.807, 2.05) is 6.20 Å². The van der Waals surface area contributed by atoms with Gasteiger partial charge in [-0.05, 0) is 56.6 Å². The predicted octanol–water partition coefficient (Wildman–Crippen LogP) is 4.06. The smallest absolute Gasteiger partial charge is 0.0492 e. The van der Waals surface area contributed by atoms with Gasteiger partial charge in [0.05, 0.1) is 0 Å². The lowest BCUT2D eigenvalue weighted by Gasteiger charge is -2.38. The number of aryl methyl sites for hydroxylation is 1. The van der Waals surface area contributed by atoms with Gasteiger partial charge in [0.1, 0.15) is 0 Å². The number of rotatable bonds is 6. The monoisotopic (exact) mass is 291 g/mol. The summed E-state index contributed by atoms with van der Waals surface area (Å²) in [5, 5.41) is 8.16. The van der Waals surface area contributed by atoms with Crippen molar-refractivity contribution in [3.05, 3.63) is 18.0 Å². The average molecular weight is 291 g/mol. The van der Waals surface area contributed by atoms with Crippen LogP contribution in [0.4, 0.5) is 0 Å². The number of nitrogens with zero attached hydrogens (tertiary/aromatic N) is 2. The Labute approximate surface area is 130 Å². The van der Waals surface area contributed by atoms with Gasteiger partial charge in [-0.2, -0.15) is 5.10 Å². The number of hydrogen-bond acceptors (Lipinski definition) is 2. The summed E-state index contributed by atoms with van der Waals surface area (Å²) in [6, 6.07) is 2.82. The van der Waals surface area contributed by atoms with E-state index in [1.54, 1.807) is 0 Å². The third-order valence-electron chi connectivity index (χ3n) is 5.19. The van der Waals surface area contributed by atoms with Crippen molar-refractivity contribution in [1.82, 2.24) is 15.1 Å². The van der Waals surface area contributed by atoms with Crippen LogP contribution >= 0.6 is 0 Å². The Morgan fingerprint density at radius 2 is 2.05 bits per heavy atom. The SMILES string of the molecule is CCn1nccc1C1CC(C(C)C)CCC1CNC(C)C. The summed E-state index contributed by atoms with van der Waals surface area (Å²) in [7, 11) is 0. The van der Waals surface area contributed by atoms with Crippen molar-refractivity contribution < 1.29 is 0 Å². The van der Waals surface area contributed by atoms with Crippen LogP contribution in [0.3, 0.4) is 0 Å². The molecule has 3 atom stereocenters. The molecule has 21 heavy (non-hydrogen) atoms. The molecule has 0 saturated heterocycles. The maximum absolute atomic E-state index is 4.51. The predicted molar refractivity (Wildman–Crippen MR) is 89.4 cm³/mol. The first kappa shape index (κ1) is 16.5. The van der Waals surface area contributed by atoms with Crippen molar-refractivity contribution in [2.75, 3.05) is 6.54 Å². The van der Waals surface area contributed by atoms with E-state index in [2.05, 4.69) is 55.8 Å². The standard InChI is InChI=1S/C18H33N3/c1-6-21-18(9-10-20-21)17-11-15(13(2)3)7-8-16(17)12-19-14(4)5/h9-10,13-17,19H,6-8,11-12H2,1-5H3. The van der Waals surface area contributed by atoms with E-state index < -0.39 is 0 Å². The first-order valence-corrected chi connectivity index (χ1v) is 8.78. The van der Waals surface area contributed by atoms with Crippen LogP contribution < -0.4 is 5.32 Å². The Bertz CT molecular complexity index is 422. The van der Waals surface area contributed by atoms with E-state index in [9.17, 15) is 0 Å². The first-order valence-electron chi connectivity index (χ1n) is 8.78. The molecule has 2 rings (SSSR count). The van der Waals surface area contributed by atoms with Gasteiger partial charge >= 0.3 is 0 Å². The molecule has 3 unspecified atom stereocenters. The maximum atomic E-state index is 4.51. The van der Waals surface area contributed by atoms with E-state index in [0.29, 0.717) is 12.0 Å². The van der Waals surface area contributed by atoms with Crippen LogP contribution in [-0.2, 0) is 6.54 Å². The highest BCUT2D eigenvalue weighted by molar-refractivity contribution is 5.12. The van der Waals surface area contributed by atoms with Crippen molar-refractivity contribution in [3.8, 4) is 0 Å². The summed E-state index contributed by atoms with van der Waals surface area (Å²) in [5.74, 6) is 3.08. The highest BCUT2D eigenvalue weighted by atomic mass is 15.3. The summed E-state index contributed by atoms with van der Waals surface area (Å²) >= 11 is 0. The molecule has 1 aromatic heterocycles. The Balaban J connectivity index is 2.15. The van der Waals surface area contributed by atoms with Gasteiger partial charge in [-0.15, -0.1) is 0 Å². The fourth-order valence-electron chi connectivity index (χ4n) is 3.79. The van der Waals surface area contributed by atoms with Crippen LogP contribution in [0.15, 0.2) is 12.3 Å². The van der Waals surface area contributed by atoms with Gasteiger partial charge in [-0.3, -0.25) is 4.68 Å². The second-order valence-electron chi connectivity index (χ2n) is 7.32. The Kier molecular flexibility index (Phi) is 5.86. The van der Waals surface area contributed by atoms with Gasteiger partial charge in [0.2, 0.25) is 0 Å².